The van der Waals surface area contributed by atoms with E-state index in [9.17, 15) is 0 Å². The van der Waals surface area contributed by atoms with E-state index in [0.29, 0.717) is 0 Å². The summed E-state index contributed by atoms with van der Waals surface area (Å²) in [6, 6.07) is 0. The Morgan fingerprint density at radius 3 is 1.17 bits per heavy atom. The number of hydrogen-bond donors (Lipinski definition) is 1. The molecule has 0 heterocycles. The first kappa shape index (κ1) is 10.7. The summed E-state index contributed by atoms with van der Waals surface area (Å²) in [6.07, 6.45) is 0. The van der Waals surface area contributed by atoms with Crippen LogP contribution in [-0.2, 0) is 0 Å². The quantitative estimate of drug-likeness (QED) is 0.462. The second-order valence-corrected chi connectivity index (χ2v) is 7.10. The third-order valence-electron chi connectivity index (χ3n) is 0. The molecule has 0 unspecified atom stereocenters. The molecule has 34 valence electrons. The Bertz CT molecular complexity index is 26.3. The molecule has 0 rings (SSSR count). The average Bonchev–Trinajstić information content (AvgIpc) is 0.722. The third kappa shape index (κ3) is 41.0. The summed E-state index contributed by atoms with van der Waals surface area (Å²) in [7, 11) is -1.11. The molecule has 0 aliphatic heterocycles. The Morgan fingerprint density at radius 2 is 1.17 bits per heavy atom. The van der Waals surface area contributed by atoms with E-state index in [1.54, 1.807) is 0 Å². The zero-order valence-corrected chi connectivity index (χ0v) is 5.08. The van der Waals surface area contributed by atoms with Crippen LogP contribution in [0, 0.1) is 0 Å². The standard InChI is InChI=1S/C3H11NSi.K.H/c1-5(2,3)4;;/h4H2,1-3H3;;. The first-order valence-corrected chi connectivity index (χ1v) is 5.37. The molecule has 2 N–H and O–H groups in total. The summed E-state index contributed by atoms with van der Waals surface area (Å²) in [5.74, 6) is 0. The zero-order chi connectivity index (χ0) is 4.50. The van der Waals surface area contributed by atoms with Gasteiger partial charge in [-0.05, 0) is 0 Å². The van der Waals surface area contributed by atoms with Crippen molar-refractivity contribution < 1.29 is 0 Å². The van der Waals surface area contributed by atoms with Crippen molar-refractivity contribution >= 4 is 59.6 Å². The minimum absolute atomic E-state index is 0. The fraction of sp³-hybridized carbons (Fsp3) is 1.00. The van der Waals surface area contributed by atoms with E-state index in [2.05, 4.69) is 19.6 Å². The van der Waals surface area contributed by atoms with Crippen molar-refractivity contribution in [1.29, 1.82) is 0 Å². The molecule has 0 aromatic heterocycles. The van der Waals surface area contributed by atoms with E-state index in [0.717, 1.165) is 0 Å². The molecule has 0 saturated heterocycles. The summed E-state index contributed by atoms with van der Waals surface area (Å²) < 4.78 is 0. The summed E-state index contributed by atoms with van der Waals surface area (Å²) in [4.78, 5) is 0. The van der Waals surface area contributed by atoms with Gasteiger partial charge in [0, 0.05) is 0 Å². The number of nitrogens with two attached hydrogens (primary N) is 1. The minimum atomic E-state index is -1.11. The molecule has 0 bridgehead atoms. The molecule has 6 heavy (non-hydrogen) atoms. The fourth-order valence-electron chi connectivity index (χ4n) is 0. The van der Waals surface area contributed by atoms with Crippen LogP contribution in [0.3, 0.4) is 0 Å². The van der Waals surface area contributed by atoms with Crippen molar-refractivity contribution in [2.75, 3.05) is 0 Å². The predicted octanol–water partition coefficient (Wildman–Crippen LogP) is 0.131. The molecule has 0 aliphatic rings. The maximum absolute atomic E-state index is 5.49. The molecule has 0 spiro atoms. The van der Waals surface area contributed by atoms with Gasteiger partial charge in [-0.3, -0.25) is 0 Å². The van der Waals surface area contributed by atoms with Crippen molar-refractivity contribution in [2.45, 2.75) is 19.6 Å². The molecule has 0 radical (unpaired) electrons. The second kappa shape index (κ2) is 3.77. The predicted molar refractivity (Wildman–Crippen MR) is 34.7 cm³/mol. The van der Waals surface area contributed by atoms with Crippen LogP contribution in [0.15, 0.2) is 0 Å². The van der Waals surface area contributed by atoms with Crippen LogP contribution in [0.1, 0.15) is 0 Å². The molecule has 0 amide bonds. The fourth-order valence-corrected chi connectivity index (χ4v) is 0. The first-order valence-electron chi connectivity index (χ1n) is 1.79. The van der Waals surface area contributed by atoms with Crippen LogP contribution in [0.5, 0.6) is 0 Å². The van der Waals surface area contributed by atoms with Crippen molar-refractivity contribution in [3.8, 4) is 0 Å². The normalized spacial score (nSPS) is 10.0. The first-order chi connectivity index (χ1) is 2.00. The number of hydrogen-bond acceptors (Lipinski definition) is 1. The molecule has 0 aromatic rings. The van der Waals surface area contributed by atoms with Crippen LogP contribution >= 0.6 is 0 Å². The summed E-state index contributed by atoms with van der Waals surface area (Å²) in [6.45, 7) is 6.31. The van der Waals surface area contributed by atoms with Gasteiger partial charge in [-0.15, -0.1) is 0 Å². The molecule has 1 nitrogen and oxygen atoms in total. The van der Waals surface area contributed by atoms with Crippen LogP contribution in [0.4, 0.5) is 0 Å². The van der Waals surface area contributed by atoms with Gasteiger partial charge in [-0.25, -0.2) is 0 Å². The Labute approximate surface area is 83.2 Å². The van der Waals surface area contributed by atoms with E-state index < -0.39 is 8.24 Å². The van der Waals surface area contributed by atoms with Crippen molar-refractivity contribution in [3.63, 3.8) is 0 Å². The monoisotopic (exact) mass is 129 g/mol. The molecule has 0 fully saturated rings. The average molecular weight is 129 g/mol. The van der Waals surface area contributed by atoms with Gasteiger partial charge >= 0.3 is 51.4 Å². The van der Waals surface area contributed by atoms with Gasteiger partial charge < -0.3 is 5.40 Å². The van der Waals surface area contributed by atoms with E-state index in [1.165, 1.54) is 0 Å². The van der Waals surface area contributed by atoms with Gasteiger partial charge in [-0.1, -0.05) is 19.6 Å². The SMILES string of the molecule is C[Si](C)(C)N.[KH]. The maximum atomic E-state index is 5.49. The Balaban J connectivity index is 0. The second-order valence-electron chi connectivity index (χ2n) is 2.37. The molecule has 0 atom stereocenters. The van der Waals surface area contributed by atoms with E-state index in [4.69, 9.17) is 5.40 Å². The van der Waals surface area contributed by atoms with Crippen LogP contribution in [-0.4, -0.2) is 59.6 Å². The Kier molecular flexibility index (Phi) is 6.75. The van der Waals surface area contributed by atoms with Crippen molar-refractivity contribution in [1.82, 2.24) is 0 Å². The number of rotatable bonds is 0. The van der Waals surface area contributed by atoms with Gasteiger partial charge in [0.2, 0.25) is 0 Å². The Hall–Kier alpha value is 1.81. The summed E-state index contributed by atoms with van der Waals surface area (Å²) in [5.41, 5.74) is 0. The van der Waals surface area contributed by atoms with Gasteiger partial charge in [0.1, 0.15) is 8.24 Å². The Morgan fingerprint density at radius 1 is 1.17 bits per heavy atom. The zero-order valence-electron chi connectivity index (χ0n) is 4.08. The molecular weight excluding hydrogens is 117 g/mol. The van der Waals surface area contributed by atoms with Crippen LogP contribution < -0.4 is 5.40 Å². The van der Waals surface area contributed by atoms with Crippen molar-refractivity contribution in [2.24, 2.45) is 5.40 Å². The van der Waals surface area contributed by atoms with Crippen LogP contribution in [0.25, 0.3) is 0 Å². The van der Waals surface area contributed by atoms with Gasteiger partial charge in [-0.2, -0.15) is 0 Å². The van der Waals surface area contributed by atoms with Gasteiger partial charge in [0.25, 0.3) is 0 Å². The topological polar surface area (TPSA) is 26.0 Å². The van der Waals surface area contributed by atoms with Crippen LogP contribution in [0.2, 0.25) is 19.6 Å². The molecule has 0 saturated carbocycles. The summed E-state index contributed by atoms with van der Waals surface area (Å²) >= 11 is 0. The van der Waals surface area contributed by atoms with Crippen molar-refractivity contribution in [3.05, 3.63) is 0 Å². The third-order valence-corrected chi connectivity index (χ3v) is 0. The molecule has 0 aliphatic carbocycles. The molecule has 0 aromatic carbocycles. The van der Waals surface area contributed by atoms with Gasteiger partial charge in [0.05, 0.1) is 0 Å². The van der Waals surface area contributed by atoms with Gasteiger partial charge in [0.15, 0.2) is 0 Å². The van der Waals surface area contributed by atoms with E-state index >= 15 is 0 Å². The van der Waals surface area contributed by atoms with E-state index in [-0.39, 0.29) is 51.4 Å². The van der Waals surface area contributed by atoms with E-state index in [1.807, 2.05) is 0 Å². The summed E-state index contributed by atoms with van der Waals surface area (Å²) in [5, 5.41) is 5.49. The molecule has 3 heteroatoms. The molecular formula is C3H12KNSi.